The lowest BCUT2D eigenvalue weighted by Gasteiger charge is -2.31. The van der Waals surface area contributed by atoms with Crippen molar-refractivity contribution in [3.63, 3.8) is 0 Å². The number of urea groups is 1. The topological polar surface area (TPSA) is 92.6 Å². The number of hydrogen-bond donors (Lipinski definition) is 2. The van der Waals surface area contributed by atoms with Crippen molar-refractivity contribution < 1.29 is 19.0 Å². The molecule has 1 heterocycles. The van der Waals surface area contributed by atoms with Crippen LogP contribution >= 0.6 is 0 Å². The Bertz CT molecular complexity index is 981. The van der Waals surface area contributed by atoms with Crippen molar-refractivity contribution in [3.8, 4) is 23.3 Å². The highest BCUT2D eigenvalue weighted by Gasteiger charge is 2.69. The van der Waals surface area contributed by atoms with Crippen molar-refractivity contribution in [1.82, 2.24) is 5.32 Å². The van der Waals surface area contributed by atoms with Gasteiger partial charge in [-0.15, -0.1) is 0 Å². The third kappa shape index (κ3) is 3.47. The van der Waals surface area contributed by atoms with Gasteiger partial charge < -0.3 is 24.8 Å². The number of fused-ring (bicyclic) bond motifs is 1. The molecule has 150 valence electrons. The molecular formula is C22H23N3O4. The number of hydrogen-bond acceptors (Lipinski definition) is 5. The second-order valence-electron chi connectivity index (χ2n) is 7.88. The van der Waals surface area contributed by atoms with Gasteiger partial charge in [-0.05, 0) is 56.7 Å². The van der Waals surface area contributed by atoms with Crippen LogP contribution in [0.25, 0.3) is 0 Å². The lowest BCUT2D eigenvalue weighted by atomic mass is 9.96. The van der Waals surface area contributed by atoms with E-state index in [-0.39, 0.29) is 17.2 Å². The molecule has 0 spiro atoms. The molecule has 0 bridgehead atoms. The highest BCUT2D eigenvalue weighted by Crippen LogP contribution is 2.57. The fraction of sp³-hybridized carbons (Fsp3) is 0.364. The van der Waals surface area contributed by atoms with Gasteiger partial charge in [-0.25, -0.2) is 4.79 Å². The molecule has 7 nitrogen and oxygen atoms in total. The predicted octanol–water partition coefficient (Wildman–Crippen LogP) is 4.05. The molecule has 2 aromatic carbocycles. The van der Waals surface area contributed by atoms with Crippen molar-refractivity contribution in [2.24, 2.45) is 5.92 Å². The maximum Gasteiger partial charge on any atom is 0.319 e. The van der Waals surface area contributed by atoms with Crippen molar-refractivity contribution in [2.45, 2.75) is 31.4 Å². The van der Waals surface area contributed by atoms with Crippen LogP contribution < -0.4 is 20.1 Å². The van der Waals surface area contributed by atoms with Crippen LogP contribution in [0.15, 0.2) is 42.5 Å². The quantitative estimate of drug-likeness (QED) is 0.799. The molecule has 1 aliphatic carbocycles. The molecule has 2 atom stereocenters. The molecule has 2 aliphatic rings. The summed E-state index contributed by atoms with van der Waals surface area (Å²) in [5, 5.41) is 14.9. The number of nitrogens with zero attached hydrogens (tertiary/aromatic N) is 1. The van der Waals surface area contributed by atoms with Crippen molar-refractivity contribution >= 4 is 11.7 Å². The van der Waals surface area contributed by atoms with Crippen LogP contribution in [0.1, 0.15) is 25.8 Å². The normalized spacial score (nSPS) is 23.4. The molecule has 7 heteroatoms. The van der Waals surface area contributed by atoms with Crippen LogP contribution in [0.4, 0.5) is 10.5 Å². The van der Waals surface area contributed by atoms with Gasteiger partial charge in [-0.3, -0.25) is 0 Å². The van der Waals surface area contributed by atoms with Crippen LogP contribution in [-0.2, 0) is 4.74 Å². The number of nitriles is 1. The summed E-state index contributed by atoms with van der Waals surface area (Å²) in [6, 6.07) is 13.8. The average molecular weight is 393 g/mol. The fourth-order valence-corrected chi connectivity index (χ4v) is 3.93. The van der Waals surface area contributed by atoms with Gasteiger partial charge in [0.2, 0.25) is 0 Å². The summed E-state index contributed by atoms with van der Waals surface area (Å²) in [6.45, 7) is 4.73. The van der Waals surface area contributed by atoms with E-state index in [1.54, 1.807) is 42.5 Å². The molecule has 2 fully saturated rings. The molecule has 1 saturated heterocycles. The molecule has 1 aliphatic heterocycles. The fourth-order valence-electron chi connectivity index (χ4n) is 3.93. The van der Waals surface area contributed by atoms with Crippen LogP contribution in [0.5, 0.6) is 17.2 Å². The highest BCUT2D eigenvalue weighted by molar-refractivity contribution is 5.90. The molecule has 29 heavy (non-hydrogen) atoms. The first-order valence-corrected chi connectivity index (χ1v) is 9.46. The Labute approximate surface area is 169 Å². The Kier molecular flexibility index (Phi) is 4.59. The van der Waals surface area contributed by atoms with E-state index in [1.165, 1.54) is 7.11 Å². The van der Waals surface area contributed by atoms with Gasteiger partial charge >= 0.3 is 6.03 Å². The molecular weight excluding hydrogens is 370 g/mol. The maximum absolute atomic E-state index is 12.5. The van der Waals surface area contributed by atoms with Crippen LogP contribution in [0, 0.1) is 17.2 Å². The maximum atomic E-state index is 12.5. The van der Waals surface area contributed by atoms with Crippen molar-refractivity contribution in [3.05, 3.63) is 48.0 Å². The number of carbonyl (C=O) groups excluding carboxylic acids is 1. The summed E-state index contributed by atoms with van der Waals surface area (Å²) in [7, 11) is 1.52. The van der Waals surface area contributed by atoms with Crippen LogP contribution in [-0.4, -0.2) is 30.9 Å². The SMILES string of the molecule is COc1cc(C#N)ccc1Oc1ccc(NC(=O)NC23CC2COC3(C)C)cc1. The largest absolute Gasteiger partial charge is 0.493 e. The molecule has 2 N–H and O–H groups in total. The molecule has 0 radical (unpaired) electrons. The minimum absolute atomic E-state index is 0.242. The standard InChI is InChI=1S/C22H23N3O4/c1-21(2)22(11-15(22)13-28-21)25-20(26)24-16-5-7-17(8-6-16)29-18-9-4-14(12-23)10-19(18)27-3/h4-10,15H,11,13H2,1-3H3,(H2,24,25,26). The minimum Gasteiger partial charge on any atom is -0.493 e. The van der Waals surface area contributed by atoms with Gasteiger partial charge in [0.05, 0.1) is 36.5 Å². The van der Waals surface area contributed by atoms with E-state index in [2.05, 4.69) is 16.7 Å². The van der Waals surface area contributed by atoms with Gasteiger partial charge in [0.25, 0.3) is 0 Å². The van der Waals surface area contributed by atoms with Gasteiger partial charge in [0, 0.05) is 17.7 Å². The second-order valence-corrected chi connectivity index (χ2v) is 7.88. The zero-order chi connectivity index (χ0) is 20.6. The number of nitrogens with one attached hydrogen (secondary N) is 2. The monoisotopic (exact) mass is 393 g/mol. The smallest absolute Gasteiger partial charge is 0.319 e. The second kappa shape index (κ2) is 6.98. The zero-order valence-electron chi connectivity index (χ0n) is 16.6. The van der Waals surface area contributed by atoms with E-state index < -0.39 is 0 Å². The highest BCUT2D eigenvalue weighted by atomic mass is 16.5. The summed E-state index contributed by atoms with van der Waals surface area (Å²) in [5.74, 6) is 1.96. The first-order chi connectivity index (χ1) is 13.9. The van der Waals surface area contributed by atoms with Crippen molar-refractivity contribution in [2.75, 3.05) is 19.0 Å². The minimum atomic E-state index is -0.354. The first-order valence-electron chi connectivity index (χ1n) is 9.46. The average Bonchev–Trinajstić information content (AvgIpc) is 3.36. The Morgan fingerprint density at radius 1 is 1.21 bits per heavy atom. The number of rotatable bonds is 5. The predicted molar refractivity (Wildman–Crippen MR) is 107 cm³/mol. The Hall–Kier alpha value is -3.24. The van der Waals surface area contributed by atoms with Gasteiger partial charge in [-0.1, -0.05) is 0 Å². The van der Waals surface area contributed by atoms with Crippen molar-refractivity contribution in [1.29, 1.82) is 5.26 Å². The van der Waals surface area contributed by atoms with Gasteiger partial charge in [0.1, 0.15) is 5.75 Å². The number of ether oxygens (including phenoxy) is 3. The first kappa shape index (κ1) is 19.1. The molecule has 1 saturated carbocycles. The van der Waals surface area contributed by atoms with E-state index >= 15 is 0 Å². The summed E-state index contributed by atoms with van der Waals surface area (Å²) in [6.07, 6.45) is 0.951. The summed E-state index contributed by atoms with van der Waals surface area (Å²) >= 11 is 0. The van der Waals surface area contributed by atoms with Crippen LogP contribution in [0.2, 0.25) is 0 Å². The van der Waals surface area contributed by atoms with E-state index in [0.29, 0.717) is 41.0 Å². The number of benzene rings is 2. The van der Waals surface area contributed by atoms with E-state index in [4.69, 9.17) is 19.5 Å². The molecule has 2 unspecified atom stereocenters. The lowest BCUT2D eigenvalue weighted by molar-refractivity contribution is -0.00667. The molecule has 2 aromatic rings. The lowest BCUT2D eigenvalue weighted by Crippen LogP contribution is -2.52. The zero-order valence-corrected chi connectivity index (χ0v) is 16.6. The molecule has 0 aromatic heterocycles. The van der Waals surface area contributed by atoms with Gasteiger partial charge in [0.15, 0.2) is 11.5 Å². The van der Waals surface area contributed by atoms with E-state index in [1.807, 2.05) is 13.8 Å². The Balaban J connectivity index is 1.39. The number of amides is 2. The van der Waals surface area contributed by atoms with E-state index in [0.717, 1.165) is 6.42 Å². The summed E-state index contributed by atoms with van der Waals surface area (Å²) in [4.78, 5) is 12.5. The number of anilines is 1. The van der Waals surface area contributed by atoms with Crippen LogP contribution in [0.3, 0.4) is 0 Å². The van der Waals surface area contributed by atoms with Gasteiger partial charge in [-0.2, -0.15) is 5.26 Å². The number of carbonyl (C=O) groups is 1. The third-order valence-corrected chi connectivity index (χ3v) is 5.79. The number of methoxy groups -OCH3 is 1. The molecule has 2 amide bonds. The summed E-state index contributed by atoms with van der Waals surface area (Å²) in [5.41, 5.74) is 0.527. The van der Waals surface area contributed by atoms with E-state index in [9.17, 15) is 4.79 Å². The third-order valence-electron chi connectivity index (χ3n) is 5.79. The molecule has 4 rings (SSSR count). The summed E-state index contributed by atoms with van der Waals surface area (Å²) < 4.78 is 16.9. The Morgan fingerprint density at radius 3 is 2.55 bits per heavy atom. The Morgan fingerprint density at radius 2 is 1.97 bits per heavy atom.